The molecular weight excluding hydrogens is 346 g/mol. The zero-order valence-electron chi connectivity index (χ0n) is 15.1. The first-order chi connectivity index (χ1) is 13.1. The zero-order valence-corrected chi connectivity index (χ0v) is 15.1. The van der Waals surface area contributed by atoms with Gasteiger partial charge >= 0.3 is 0 Å². The first-order valence-corrected chi connectivity index (χ1v) is 8.99. The van der Waals surface area contributed by atoms with Gasteiger partial charge in [0, 0.05) is 25.3 Å². The van der Waals surface area contributed by atoms with Gasteiger partial charge in [0.2, 0.25) is 11.8 Å². The minimum atomic E-state index is -0.590. The number of benzene rings is 1. The fourth-order valence-electron chi connectivity index (χ4n) is 3.27. The fourth-order valence-corrected chi connectivity index (χ4v) is 3.27. The Morgan fingerprint density at radius 2 is 2.00 bits per heavy atom. The van der Waals surface area contributed by atoms with Crippen molar-refractivity contribution in [2.45, 2.75) is 31.8 Å². The maximum absolute atomic E-state index is 12.8. The van der Waals surface area contributed by atoms with Gasteiger partial charge in [-0.15, -0.1) is 0 Å². The van der Waals surface area contributed by atoms with E-state index in [0.29, 0.717) is 25.2 Å². The highest BCUT2D eigenvalue weighted by atomic mass is 16.2. The summed E-state index contributed by atoms with van der Waals surface area (Å²) in [5, 5.41) is 12.0. The molecule has 3 amide bonds. The molecule has 1 aromatic heterocycles. The minimum Gasteiger partial charge on any atom is -0.355 e. The number of nitrogens with one attached hydrogen (secondary N) is 3. The maximum Gasteiger partial charge on any atom is 0.269 e. The lowest BCUT2D eigenvalue weighted by Gasteiger charge is -2.23. The quantitative estimate of drug-likeness (QED) is 0.689. The molecule has 1 saturated heterocycles. The van der Waals surface area contributed by atoms with Crippen molar-refractivity contribution in [1.29, 1.82) is 0 Å². The van der Waals surface area contributed by atoms with Gasteiger partial charge in [-0.25, -0.2) is 0 Å². The van der Waals surface area contributed by atoms with Crippen LogP contribution < -0.4 is 10.6 Å². The van der Waals surface area contributed by atoms with Crippen LogP contribution in [-0.4, -0.2) is 58.0 Å². The standard InChI is InChI=1S/C19H23N5O3/c1-2-20-19(27)16-11-14(22-18(26)15-8-9-21-23-15)12-24(16)17(25)10-13-6-4-3-5-7-13/h3-9,14,16H,2,10-12H2,1H3,(H,20,27)(H,21,23)(H,22,26)/t14-,16-/m0/s1. The Kier molecular flexibility index (Phi) is 5.85. The number of hydrogen-bond donors (Lipinski definition) is 3. The van der Waals surface area contributed by atoms with Crippen molar-refractivity contribution in [1.82, 2.24) is 25.7 Å². The summed E-state index contributed by atoms with van der Waals surface area (Å²) in [7, 11) is 0. The van der Waals surface area contributed by atoms with E-state index in [1.54, 1.807) is 11.0 Å². The lowest BCUT2D eigenvalue weighted by atomic mass is 10.1. The number of H-pyrrole nitrogens is 1. The minimum absolute atomic E-state index is 0.129. The summed E-state index contributed by atoms with van der Waals surface area (Å²) in [6.45, 7) is 2.62. The number of hydrogen-bond acceptors (Lipinski definition) is 4. The number of likely N-dealkylation sites (tertiary alicyclic amines) is 1. The molecule has 27 heavy (non-hydrogen) atoms. The molecule has 8 heteroatoms. The average Bonchev–Trinajstić information content (AvgIpc) is 3.33. The maximum atomic E-state index is 12.8. The van der Waals surface area contributed by atoms with E-state index in [-0.39, 0.29) is 30.2 Å². The lowest BCUT2D eigenvalue weighted by Crippen LogP contribution is -2.46. The number of likely N-dealkylation sites (N-methyl/N-ethyl adjacent to an activating group) is 1. The normalized spacial score (nSPS) is 18.9. The summed E-state index contributed by atoms with van der Waals surface area (Å²) in [6.07, 6.45) is 2.10. The topological polar surface area (TPSA) is 107 Å². The Labute approximate surface area is 157 Å². The molecule has 2 aromatic rings. The molecule has 1 aliphatic rings. The van der Waals surface area contributed by atoms with Crippen LogP contribution in [0.2, 0.25) is 0 Å². The molecule has 142 valence electrons. The lowest BCUT2D eigenvalue weighted by molar-refractivity contribution is -0.137. The van der Waals surface area contributed by atoms with Crippen LogP contribution in [0.3, 0.4) is 0 Å². The Morgan fingerprint density at radius 3 is 2.67 bits per heavy atom. The van der Waals surface area contributed by atoms with Crippen molar-refractivity contribution >= 4 is 17.7 Å². The summed E-state index contributed by atoms with van der Waals surface area (Å²) >= 11 is 0. The third-order valence-electron chi connectivity index (χ3n) is 4.55. The molecule has 0 unspecified atom stereocenters. The van der Waals surface area contributed by atoms with Crippen molar-refractivity contribution in [2.75, 3.05) is 13.1 Å². The first kappa shape index (κ1) is 18.6. The Hall–Kier alpha value is -3.16. The predicted octanol–water partition coefficient (Wildman–Crippen LogP) is 0.488. The largest absolute Gasteiger partial charge is 0.355 e. The zero-order chi connectivity index (χ0) is 19.2. The van der Waals surface area contributed by atoms with E-state index in [1.165, 1.54) is 6.20 Å². The molecular formula is C19H23N5O3. The number of aromatic amines is 1. The van der Waals surface area contributed by atoms with Crippen LogP contribution in [0.5, 0.6) is 0 Å². The number of aromatic nitrogens is 2. The second-order valence-electron chi connectivity index (χ2n) is 6.50. The van der Waals surface area contributed by atoms with E-state index in [1.807, 2.05) is 37.3 Å². The molecule has 1 fully saturated rings. The van der Waals surface area contributed by atoms with E-state index in [2.05, 4.69) is 20.8 Å². The second-order valence-corrected chi connectivity index (χ2v) is 6.50. The van der Waals surface area contributed by atoms with Crippen molar-refractivity contribution in [3.05, 3.63) is 53.9 Å². The van der Waals surface area contributed by atoms with Gasteiger partial charge in [0.25, 0.3) is 5.91 Å². The van der Waals surface area contributed by atoms with Crippen LogP contribution in [0, 0.1) is 0 Å². The van der Waals surface area contributed by atoms with Gasteiger partial charge in [0.15, 0.2) is 0 Å². The highest BCUT2D eigenvalue weighted by Gasteiger charge is 2.39. The van der Waals surface area contributed by atoms with E-state index >= 15 is 0 Å². The van der Waals surface area contributed by atoms with Crippen LogP contribution in [-0.2, 0) is 16.0 Å². The highest BCUT2D eigenvalue weighted by Crippen LogP contribution is 2.20. The van der Waals surface area contributed by atoms with Gasteiger partial charge in [0.05, 0.1) is 6.42 Å². The van der Waals surface area contributed by atoms with Gasteiger partial charge in [0.1, 0.15) is 11.7 Å². The Morgan fingerprint density at radius 1 is 1.22 bits per heavy atom. The second kappa shape index (κ2) is 8.48. The average molecular weight is 369 g/mol. The van der Waals surface area contributed by atoms with E-state index in [4.69, 9.17) is 0 Å². The molecule has 2 heterocycles. The first-order valence-electron chi connectivity index (χ1n) is 8.99. The molecule has 3 rings (SSSR count). The molecule has 2 atom stereocenters. The molecule has 0 spiro atoms. The third kappa shape index (κ3) is 4.52. The molecule has 1 aliphatic heterocycles. The fraction of sp³-hybridized carbons (Fsp3) is 0.368. The summed E-state index contributed by atoms with van der Waals surface area (Å²) < 4.78 is 0. The van der Waals surface area contributed by atoms with Crippen LogP contribution >= 0.6 is 0 Å². The molecule has 3 N–H and O–H groups in total. The molecule has 0 bridgehead atoms. The van der Waals surface area contributed by atoms with E-state index in [0.717, 1.165) is 5.56 Å². The van der Waals surface area contributed by atoms with Crippen molar-refractivity contribution in [3.8, 4) is 0 Å². The molecule has 1 aromatic carbocycles. The van der Waals surface area contributed by atoms with Crippen molar-refractivity contribution < 1.29 is 14.4 Å². The molecule has 0 radical (unpaired) electrons. The Bertz CT molecular complexity index is 791. The van der Waals surface area contributed by atoms with Crippen LogP contribution in [0.1, 0.15) is 29.4 Å². The smallest absolute Gasteiger partial charge is 0.269 e. The van der Waals surface area contributed by atoms with Gasteiger partial charge in [-0.2, -0.15) is 5.10 Å². The summed E-state index contributed by atoms with van der Waals surface area (Å²) in [4.78, 5) is 39.1. The van der Waals surface area contributed by atoms with Crippen molar-refractivity contribution in [3.63, 3.8) is 0 Å². The summed E-state index contributed by atoms with van der Waals surface area (Å²) in [5.41, 5.74) is 1.24. The van der Waals surface area contributed by atoms with Gasteiger partial charge in [-0.3, -0.25) is 19.5 Å². The van der Waals surface area contributed by atoms with Crippen molar-refractivity contribution in [2.24, 2.45) is 0 Å². The molecule has 0 aliphatic carbocycles. The number of amides is 3. The van der Waals surface area contributed by atoms with Crippen LogP contribution in [0.4, 0.5) is 0 Å². The predicted molar refractivity (Wildman–Crippen MR) is 98.8 cm³/mol. The van der Waals surface area contributed by atoms with Crippen LogP contribution in [0.25, 0.3) is 0 Å². The molecule has 0 saturated carbocycles. The highest BCUT2D eigenvalue weighted by molar-refractivity contribution is 5.93. The number of rotatable bonds is 6. The molecule has 8 nitrogen and oxygen atoms in total. The van der Waals surface area contributed by atoms with Gasteiger partial charge in [-0.05, 0) is 25.0 Å². The Balaban J connectivity index is 1.70. The van der Waals surface area contributed by atoms with E-state index in [9.17, 15) is 14.4 Å². The SMILES string of the molecule is CCNC(=O)[C@@H]1C[C@H](NC(=O)c2ccn[nH]2)CN1C(=O)Cc1ccccc1. The monoisotopic (exact) mass is 369 g/mol. The number of carbonyl (C=O) groups is 3. The van der Waals surface area contributed by atoms with E-state index < -0.39 is 6.04 Å². The van der Waals surface area contributed by atoms with Gasteiger partial charge in [-0.1, -0.05) is 30.3 Å². The summed E-state index contributed by atoms with van der Waals surface area (Å²) in [5.74, 6) is -0.627. The number of carbonyl (C=O) groups excluding carboxylic acids is 3. The summed E-state index contributed by atoms with van der Waals surface area (Å²) in [6, 6.07) is 10.1. The number of nitrogens with zero attached hydrogens (tertiary/aromatic N) is 2. The van der Waals surface area contributed by atoms with Crippen LogP contribution in [0.15, 0.2) is 42.6 Å². The van der Waals surface area contributed by atoms with Gasteiger partial charge < -0.3 is 15.5 Å². The third-order valence-corrected chi connectivity index (χ3v) is 4.55.